The SMILES string of the molecule is Cc1nc(CO)cc(Nc2nccc3nc(-c4c(Cl)cccc4C#N)sc23)n1. The van der Waals surface area contributed by atoms with Gasteiger partial charge in [0.05, 0.1) is 39.2 Å². The normalized spacial score (nSPS) is 10.8. The molecule has 3 heterocycles. The Labute approximate surface area is 169 Å². The lowest BCUT2D eigenvalue weighted by Gasteiger charge is -2.07. The number of aliphatic hydroxyl groups excluding tert-OH is 1. The van der Waals surface area contributed by atoms with Crippen molar-refractivity contribution in [1.29, 1.82) is 5.26 Å². The number of pyridine rings is 1. The van der Waals surface area contributed by atoms with E-state index in [9.17, 15) is 10.4 Å². The zero-order chi connectivity index (χ0) is 19.7. The molecule has 1 aromatic carbocycles. The van der Waals surface area contributed by atoms with Gasteiger partial charge in [-0.2, -0.15) is 5.26 Å². The van der Waals surface area contributed by atoms with Gasteiger partial charge in [0.25, 0.3) is 0 Å². The van der Waals surface area contributed by atoms with Crippen molar-refractivity contribution in [2.45, 2.75) is 13.5 Å². The van der Waals surface area contributed by atoms with E-state index in [0.29, 0.717) is 44.3 Å². The molecule has 0 aliphatic rings. The predicted octanol–water partition coefficient (Wildman–Crippen LogP) is 4.22. The molecule has 7 nitrogen and oxygen atoms in total. The van der Waals surface area contributed by atoms with Crippen molar-refractivity contribution in [2.75, 3.05) is 5.32 Å². The Hall–Kier alpha value is -3.12. The molecule has 0 saturated carbocycles. The Kier molecular flexibility index (Phi) is 4.88. The lowest BCUT2D eigenvalue weighted by molar-refractivity contribution is 0.276. The number of thiazole rings is 1. The van der Waals surface area contributed by atoms with Crippen LogP contribution in [0.3, 0.4) is 0 Å². The number of aryl methyl sites for hydroxylation is 1. The average molecular weight is 409 g/mol. The second-order valence-corrected chi connectivity index (χ2v) is 7.28. The van der Waals surface area contributed by atoms with Gasteiger partial charge >= 0.3 is 0 Å². The standard InChI is InChI=1S/C19H13ClN6OS/c1-10-23-12(9-27)7-15(24-10)26-18-17-14(5-6-22-18)25-19(28-17)16-11(8-21)3-2-4-13(16)20/h2-7,27H,9H2,1H3,(H,22,23,24,26). The number of fused-ring (bicyclic) bond motifs is 1. The topological polar surface area (TPSA) is 108 Å². The number of hydrogen-bond acceptors (Lipinski definition) is 8. The Morgan fingerprint density at radius 2 is 2.11 bits per heavy atom. The summed E-state index contributed by atoms with van der Waals surface area (Å²) in [4.78, 5) is 17.5. The third-order valence-corrected chi connectivity index (χ3v) is 5.36. The van der Waals surface area contributed by atoms with Crippen molar-refractivity contribution in [1.82, 2.24) is 19.9 Å². The van der Waals surface area contributed by atoms with Crippen LogP contribution in [0.2, 0.25) is 5.02 Å². The van der Waals surface area contributed by atoms with Crippen LogP contribution >= 0.6 is 22.9 Å². The maximum atomic E-state index is 9.41. The molecule has 0 fully saturated rings. The number of nitriles is 1. The molecule has 4 aromatic rings. The summed E-state index contributed by atoms with van der Waals surface area (Å²) < 4.78 is 0.808. The lowest BCUT2D eigenvalue weighted by Crippen LogP contribution is -2.02. The number of rotatable bonds is 4. The lowest BCUT2D eigenvalue weighted by atomic mass is 10.1. The van der Waals surface area contributed by atoms with Gasteiger partial charge in [0.15, 0.2) is 5.82 Å². The molecular formula is C19H13ClN6OS. The van der Waals surface area contributed by atoms with Crippen molar-refractivity contribution in [3.8, 4) is 16.6 Å². The number of anilines is 2. The third kappa shape index (κ3) is 3.39. The number of nitrogens with zero attached hydrogens (tertiary/aromatic N) is 5. The largest absolute Gasteiger partial charge is 0.390 e. The maximum Gasteiger partial charge on any atom is 0.151 e. The highest BCUT2D eigenvalue weighted by Gasteiger charge is 2.17. The Morgan fingerprint density at radius 1 is 1.25 bits per heavy atom. The highest BCUT2D eigenvalue weighted by atomic mass is 35.5. The number of hydrogen-bond donors (Lipinski definition) is 2. The van der Waals surface area contributed by atoms with E-state index in [2.05, 4.69) is 31.3 Å². The summed E-state index contributed by atoms with van der Waals surface area (Å²) in [7, 11) is 0. The van der Waals surface area contributed by atoms with Crippen molar-refractivity contribution < 1.29 is 5.11 Å². The first-order valence-electron chi connectivity index (χ1n) is 8.26. The van der Waals surface area contributed by atoms with Gasteiger partial charge in [-0.15, -0.1) is 11.3 Å². The van der Waals surface area contributed by atoms with E-state index in [4.69, 9.17) is 11.6 Å². The van der Waals surface area contributed by atoms with Crippen LogP contribution in [0.15, 0.2) is 36.5 Å². The fourth-order valence-corrected chi connectivity index (χ4v) is 4.18. The minimum Gasteiger partial charge on any atom is -0.390 e. The molecule has 3 aromatic heterocycles. The molecule has 0 aliphatic carbocycles. The summed E-state index contributed by atoms with van der Waals surface area (Å²) in [6, 6.07) is 10.8. The first-order valence-corrected chi connectivity index (χ1v) is 9.45. The summed E-state index contributed by atoms with van der Waals surface area (Å²) in [5, 5.41) is 23.0. The van der Waals surface area contributed by atoms with Gasteiger partial charge in [-0.3, -0.25) is 0 Å². The van der Waals surface area contributed by atoms with Crippen LogP contribution in [0.5, 0.6) is 0 Å². The average Bonchev–Trinajstić information content (AvgIpc) is 3.12. The quantitative estimate of drug-likeness (QED) is 0.520. The second kappa shape index (κ2) is 7.48. The molecule has 0 amide bonds. The smallest absolute Gasteiger partial charge is 0.151 e. The van der Waals surface area contributed by atoms with Crippen LogP contribution in [-0.4, -0.2) is 25.0 Å². The Bertz CT molecular complexity index is 1230. The molecule has 28 heavy (non-hydrogen) atoms. The predicted molar refractivity (Wildman–Crippen MR) is 109 cm³/mol. The van der Waals surface area contributed by atoms with Crippen LogP contribution in [0.1, 0.15) is 17.1 Å². The zero-order valence-electron chi connectivity index (χ0n) is 14.6. The van der Waals surface area contributed by atoms with E-state index in [1.165, 1.54) is 11.3 Å². The summed E-state index contributed by atoms with van der Waals surface area (Å²) >= 11 is 7.72. The number of halogens is 1. The highest BCUT2D eigenvalue weighted by molar-refractivity contribution is 7.22. The van der Waals surface area contributed by atoms with Crippen LogP contribution in [0, 0.1) is 18.3 Å². The second-order valence-electron chi connectivity index (χ2n) is 5.88. The van der Waals surface area contributed by atoms with Crippen molar-refractivity contribution in [3.05, 3.63) is 58.6 Å². The minimum atomic E-state index is -0.177. The molecule has 0 aliphatic heterocycles. The molecule has 0 spiro atoms. The first kappa shape index (κ1) is 18.3. The third-order valence-electron chi connectivity index (χ3n) is 3.95. The van der Waals surface area contributed by atoms with Crippen LogP contribution in [-0.2, 0) is 6.61 Å². The van der Waals surface area contributed by atoms with E-state index in [1.54, 1.807) is 43.5 Å². The maximum absolute atomic E-state index is 9.41. The monoisotopic (exact) mass is 408 g/mol. The van der Waals surface area contributed by atoms with Crippen LogP contribution in [0.25, 0.3) is 20.8 Å². The summed E-state index contributed by atoms with van der Waals surface area (Å²) in [6.45, 7) is 1.58. The van der Waals surface area contributed by atoms with Crippen LogP contribution < -0.4 is 5.32 Å². The fourth-order valence-electron chi connectivity index (χ4n) is 2.78. The summed E-state index contributed by atoms with van der Waals surface area (Å²) in [5.41, 5.74) is 2.32. The zero-order valence-corrected chi connectivity index (χ0v) is 16.2. The van der Waals surface area contributed by atoms with Gasteiger partial charge in [0, 0.05) is 17.8 Å². The molecule has 138 valence electrons. The van der Waals surface area contributed by atoms with Gasteiger partial charge in [-0.05, 0) is 25.1 Å². The van der Waals surface area contributed by atoms with Crippen molar-refractivity contribution in [3.63, 3.8) is 0 Å². The van der Waals surface area contributed by atoms with E-state index in [0.717, 1.165) is 10.2 Å². The number of nitrogens with one attached hydrogen (secondary N) is 1. The highest BCUT2D eigenvalue weighted by Crippen LogP contribution is 2.38. The summed E-state index contributed by atoms with van der Waals surface area (Å²) in [6.07, 6.45) is 1.65. The molecule has 0 atom stereocenters. The fraction of sp³-hybridized carbons (Fsp3) is 0.105. The van der Waals surface area contributed by atoms with Gasteiger partial charge in [-0.1, -0.05) is 17.7 Å². The van der Waals surface area contributed by atoms with Crippen LogP contribution in [0.4, 0.5) is 11.6 Å². The van der Waals surface area contributed by atoms with Gasteiger partial charge in [0.1, 0.15) is 16.6 Å². The number of aliphatic hydroxyl groups is 1. The molecule has 2 N–H and O–H groups in total. The van der Waals surface area contributed by atoms with Crippen molar-refractivity contribution in [2.24, 2.45) is 0 Å². The molecule has 0 radical (unpaired) electrons. The molecule has 9 heteroatoms. The van der Waals surface area contributed by atoms with E-state index in [-0.39, 0.29) is 6.61 Å². The van der Waals surface area contributed by atoms with Gasteiger partial charge in [0.2, 0.25) is 0 Å². The van der Waals surface area contributed by atoms with E-state index < -0.39 is 0 Å². The molecule has 0 bridgehead atoms. The van der Waals surface area contributed by atoms with Crippen molar-refractivity contribution >= 4 is 44.8 Å². The molecule has 0 saturated heterocycles. The molecular weight excluding hydrogens is 396 g/mol. The molecule has 4 rings (SSSR count). The summed E-state index contributed by atoms with van der Waals surface area (Å²) in [5.74, 6) is 1.65. The van der Waals surface area contributed by atoms with E-state index in [1.807, 2.05) is 0 Å². The van der Waals surface area contributed by atoms with E-state index >= 15 is 0 Å². The number of benzene rings is 1. The van der Waals surface area contributed by atoms with Gasteiger partial charge < -0.3 is 10.4 Å². The Morgan fingerprint density at radius 3 is 2.89 bits per heavy atom. The molecule has 0 unspecified atom stereocenters. The Balaban J connectivity index is 1.81. The number of aromatic nitrogens is 4. The first-order chi connectivity index (χ1) is 13.6. The van der Waals surface area contributed by atoms with Gasteiger partial charge in [-0.25, -0.2) is 19.9 Å². The minimum absolute atomic E-state index is 0.177.